The predicted molar refractivity (Wildman–Crippen MR) is 197 cm³/mol. The van der Waals surface area contributed by atoms with E-state index in [-0.39, 0.29) is 0 Å². The topological polar surface area (TPSA) is 43.6 Å². The molecule has 7 heteroatoms. The van der Waals surface area contributed by atoms with Crippen LogP contribution in [0.25, 0.3) is 89.9 Å². The van der Waals surface area contributed by atoms with Gasteiger partial charge in [0.1, 0.15) is 15.0 Å². The number of hydrogen-bond donors (Lipinski definition) is 0. The van der Waals surface area contributed by atoms with Gasteiger partial charge in [-0.2, -0.15) is 0 Å². The highest BCUT2D eigenvalue weighted by Gasteiger charge is 2.20. The second-order valence-corrected chi connectivity index (χ2v) is 14.4. The van der Waals surface area contributed by atoms with Gasteiger partial charge in [0.05, 0.1) is 47.4 Å². The fourth-order valence-electron chi connectivity index (χ4n) is 6.38. The molecule has 4 heterocycles. The maximum absolute atomic E-state index is 5.05. The van der Waals surface area contributed by atoms with Crippen molar-refractivity contribution in [3.63, 3.8) is 0 Å². The lowest BCUT2D eigenvalue weighted by molar-refractivity contribution is 1.18. The Balaban J connectivity index is 1.24. The minimum absolute atomic E-state index is 1.02. The van der Waals surface area contributed by atoms with Crippen molar-refractivity contribution in [1.82, 2.24) is 19.5 Å². The maximum atomic E-state index is 5.05. The van der Waals surface area contributed by atoms with Gasteiger partial charge in [-0.25, -0.2) is 15.0 Å². The van der Waals surface area contributed by atoms with Crippen molar-refractivity contribution in [2.75, 3.05) is 0 Å². The molecule has 0 aliphatic carbocycles. The molecule has 0 radical (unpaired) electrons. The summed E-state index contributed by atoms with van der Waals surface area (Å²) in [6.07, 6.45) is 0. The second-order valence-electron chi connectivity index (χ2n) is 11.3. The van der Waals surface area contributed by atoms with Crippen molar-refractivity contribution in [3.8, 4) is 37.4 Å². The molecule has 0 spiro atoms. The predicted octanol–water partition coefficient (Wildman–Crippen LogP) is 11.6. The summed E-state index contributed by atoms with van der Waals surface area (Å²) in [5.74, 6) is 0. The number of para-hydroxylation sites is 4. The molecule has 6 aromatic carbocycles. The van der Waals surface area contributed by atoms with E-state index in [4.69, 9.17) is 15.0 Å². The number of rotatable bonds is 4. The second kappa shape index (κ2) is 10.2. The molecule has 0 unspecified atom stereocenters. The van der Waals surface area contributed by atoms with Gasteiger partial charge in [0.15, 0.2) is 0 Å². The molecule has 0 saturated heterocycles. The first kappa shape index (κ1) is 26.1. The molecule has 10 aromatic rings. The van der Waals surface area contributed by atoms with Crippen LogP contribution in [0.2, 0.25) is 0 Å². The molecule has 0 fully saturated rings. The number of thiazole rings is 3. The zero-order valence-electron chi connectivity index (χ0n) is 24.2. The van der Waals surface area contributed by atoms with Gasteiger partial charge in [0.25, 0.3) is 0 Å². The normalized spacial score (nSPS) is 11.9. The largest absolute Gasteiger partial charge is 0.309 e. The molecule has 0 saturated carbocycles. The average molecular weight is 643 g/mol. The van der Waals surface area contributed by atoms with Crippen molar-refractivity contribution < 1.29 is 0 Å². The summed E-state index contributed by atoms with van der Waals surface area (Å²) in [5, 5.41) is 5.45. The third kappa shape index (κ3) is 4.06. The van der Waals surface area contributed by atoms with Gasteiger partial charge in [-0.1, -0.05) is 48.5 Å². The molecular weight excluding hydrogens is 621 g/mol. The van der Waals surface area contributed by atoms with Crippen molar-refractivity contribution >= 4 is 86.5 Å². The van der Waals surface area contributed by atoms with E-state index in [2.05, 4.69) is 138 Å². The number of aromatic nitrogens is 4. The first-order valence-electron chi connectivity index (χ1n) is 15.0. The molecule has 216 valence electrons. The number of fused-ring (bicyclic) bond motifs is 6. The third-order valence-electron chi connectivity index (χ3n) is 8.52. The van der Waals surface area contributed by atoms with Crippen LogP contribution in [0.3, 0.4) is 0 Å². The van der Waals surface area contributed by atoms with E-state index in [9.17, 15) is 0 Å². The first-order chi connectivity index (χ1) is 22.8. The summed E-state index contributed by atoms with van der Waals surface area (Å²) in [7, 11) is 0. The molecule has 0 N–H and O–H groups in total. The van der Waals surface area contributed by atoms with E-state index >= 15 is 0 Å². The Labute approximate surface area is 275 Å². The van der Waals surface area contributed by atoms with Crippen LogP contribution >= 0.6 is 34.0 Å². The standard InChI is InChI=1S/C39H22N4S3/c1-5-13-31(25(9-1)39-42-30-12-4-8-16-36(30)46-39)43-32-19-17-23(37-40-28-10-2-6-14-34(28)44-37)21-26(32)27-22-24(18-20-33(27)43)38-41-29-11-3-7-15-35(29)45-38/h1-22H. The lowest BCUT2D eigenvalue weighted by Crippen LogP contribution is -1.97. The van der Waals surface area contributed by atoms with E-state index in [1.165, 1.54) is 24.9 Å². The summed E-state index contributed by atoms with van der Waals surface area (Å²) in [6.45, 7) is 0. The van der Waals surface area contributed by atoms with Crippen LogP contribution in [-0.4, -0.2) is 19.5 Å². The molecule has 4 nitrogen and oxygen atoms in total. The Morgan fingerprint density at radius 2 is 0.848 bits per heavy atom. The summed E-state index contributed by atoms with van der Waals surface area (Å²) < 4.78 is 5.98. The fourth-order valence-corrected chi connectivity index (χ4v) is 9.30. The Kier molecular flexibility index (Phi) is 5.75. The Bertz CT molecular complexity index is 2550. The first-order valence-corrected chi connectivity index (χ1v) is 17.5. The molecular formula is C39H22N4S3. The third-order valence-corrected chi connectivity index (χ3v) is 11.8. The highest BCUT2D eigenvalue weighted by atomic mass is 32.1. The van der Waals surface area contributed by atoms with Crippen LogP contribution in [0, 0.1) is 0 Å². The minimum Gasteiger partial charge on any atom is -0.309 e. The number of nitrogens with zero attached hydrogens (tertiary/aromatic N) is 4. The molecule has 46 heavy (non-hydrogen) atoms. The zero-order valence-corrected chi connectivity index (χ0v) is 26.7. The van der Waals surface area contributed by atoms with Crippen molar-refractivity contribution in [2.45, 2.75) is 0 Å². The van der Waals surface area contributed by atoms with Gasteiger partial charge in [-0.15, -0.1) is 34.0 Å². The van der Waals surface area contributed by atoms with Crippen LogP contribution in [0.4, 0.5) is 0 Å². The highest BCUT2D eigenvalue weighted by molar-refractivity contribution is 7.22. The van der Waals surface area contributed by atoms with Crippen LogP contribution in [-0.2, 0) is 0 Å². The van der Waals surface area contributed by atoms with E-state index in [1.807, 2.05) is 0 Å². The molecule has 0 bridgehead atoms. The molecule has 4 aromatic heterocycles. The van der Waals surface area contributed by atoms with E-state index in [1.54, 1.807) is 34.0 Å². The zero-order chi connectivity index (χ0) is 30.2. The Hall–Kier alpha value is -5.21. The van der Waals surface area contributed by atoms with Gasteiger partial charge in [0.2, 0.25) is 0 Å². The Morgan fingerprint density at radius 1 is 0.413 bits per heavy atom. The fraction of sp³-hybridized carbons (Fsp3) is 0. The smallest absolute Gasteiger partial charge is 0.126 e. The average Bonchev–Trinajstić information content (AvgIpc) is 3.90. The lowest BCUT2D eigenvalue weighted by Gasteiger charge is -2.12. The molecule has 0 atom stereocenters. The number of hydrogen-bond acceptors (Lipinski definition) is 6. The van der Waals surface area contributed by atoms with Gasteiger partial charge in [-0.05, 0) is 84.9 Å². The monoisotopic (exact) mass is 642 g/mol. The quantitative estimate of drug-likeness (QED) is 0.192. The maximum Gasteiger partial charge on any atom is 0.126 e. The molecule has 0 amide bonds. The van der Waals surface area contributed by atoms with Gasteiger partial charge < -0.3 is 4.57 Å². The van der Waals surface area contributed by atoms with Crippen LogP contribution in [0.5, 0.6) is 0 Å². The van der Waals surface area contributed by atoms with Crippen LogP contribution in [0.1, 0.15) is 0 Å². The van der Waals surface area contributed by atoms with Crippen LogP contribution in [0.15, 0.2) is 133 Å². The van der Waals surface area contributed by atoms with E-state index in [0.29, 0.717) is 0 Å². The Morgan fingerprint density at radius 3 is 1.37 bits per heavy atom. The van der Waals surface area contributed by atoms with E-state index < -0.39 is 0 Å². The summed E-state index contributed by atoms with van der Waals surface area (Å²) in [4.78, 5) is 15.0. The van der Waals surface area contributed by atoms with Gasteiger partial charge in [-0.3, -0.25) is 0 Å². The van der Waals surface area contributed by atoms with Gasteiger partial charge >= 0.3 is 0 Å². The van der Waals surface area contributed by atoms with Crippen molar-refractivity contribution in [3.05, 3.63) is 133 Å². The minimum atomic E-state index is 1.02. The molecule has 0 aliphatic heterocycles. The summed E-state index contributed by atoms with van der Waals surface area (Å²) in [5.41, 5.74) is 9.87. The lowest BCUT2D eigenvalue weighted by atomic mass is 10.1. The molecule has 0 aliphatic rings. The van der Waals surface area contributed by atoms with E-state index in [0.717, 1.165) is 65.0 Å². The molecule has 10 rings (SSSR count). The SMILES string of the molecule is c1ccc(-n2c3ccc(-c4nc5ccccc5s4)cc3c3cc(-c4nc5ccccc5s4)ccc32)c(-c2nc3ccccc3s2)c1. The summed E-state index contributed by atoms with van der Waals surface area (Å²) >= 11 is 5.21. The van der Waals surface area contributed by atoms with Crippen molar-refractivity contribution in [2.24, 2.45) is 0 Å². The van der Waals surface area contributed by atoms with Crippen molar-refractivity contribution in [1.29, 1.82) is 0 Å². The van der Waals surface area contributed by atoms with Gasteiger partial charge in [0, 0.05) is 27.5 Å². The number of benzene rings is 6. The van der Waals surface area contributed by atoms with Crippen LogP contribution < -0.4 is 0 Å². The highest BCUT2D eigenvalue weighted by Crippen LogP contribution is 2.42. The summed E-state index contributed by atoms with van der Waals surface area (Å²) in [6, 6.07) is 47.3.